The molecule has 0 aromatic rings. The normalized spacial score (nSPS) is 27.1. The standard InChI is InChI=1S/C14H26N2O4S/c1-14(2,3)12-6-9-16(10-12)21(19,20)15-7-4-11(5-8-15)13(17)18/h11-12H,4-10H2,1-3H3,(H,17,18). The van der Waals surface area contributed by atoms with E-state index in [9.17, 15) is 13.2 Å². The minimum absolute atomic E-state index is 0.112. The summed E-state index contributed by atoms with van der Waals surface area (Å²) in [5, 5.41) is 8.98. The van der Waals surface area contributed by atoms with Gasteiger partial charge in [-0.05, 0) is 30.6 Å². The molecule has 0 amide bonds. The minimum Gasteiger partial charge on any atom is -0.481 e. The first-order valence-electron chi connectivity index (χ1n) is 7.60. The second kappa shape index (κ2) is 5.85. The highest BCUT2D eigenvalue weighted by molar-refractivity contribution is 7.86. The molecular weight excluding hydrogens is 292 g/mol. The maximum Gasteiger partial charge on any atom is 0.306 e. The fourth-order valence-corrected chi connectivity index (χ4v) is 4.84. The number of nitrogens with zero attached hydrogens (tertiary/aromatic N) is 2. The molecule has 7 heteroatoms. The first kappa shape index (κ1) is 16.7. The van der Waals surface area contributed by atoms with E-state index in [2.05, 4.69) is 20.8 Å². The number of hydrogen-bond donors (Lipinski definition) is 1. The van der Waals surface area contributed by atoms with Gasteiger partial charge in [0.05, 0.1) is 5.92 Å². The molecule has 1 unspecified atom stereocenters. The van der Waals surface area contributed by atoms with E-state index >= 15 is 0 Å². The number of aliphatic carboxylic acids is 1. The second-order valence-corrected chi connectivity index (χ2v) is 9.16. The van der Waals surface area contributed by atoms with Crippen LogP contribution in [0.1, 0.15) is 40.0 Å². The van der Waals surface area contributed by atoms with Gasteiger partial charge in [-0.25, -0.2) is 0 Å². The molecule has 0 aromatic carbocycles. The van der Waals surface area contributed by atoms with Crippen LogP contribution in [0.3, 0.4) is 0 Å². The SMILES string of the molecule is CC(C)(C)C1CCN(S(=O)(=O)N2CCC(C(=O)O)CC2)C1. The Kier molecular flexibility index (Phi) is 4.66. The van der Waals surface area contributed by atoms with Crippen LogP contribution < -0.4 is 0 Å². The molecule has 0 spiro atoms. The fraction of sp³-hybridized carbons (Fsp3) is 0.929. The summed E-state index contributed by atoms with van der Waals surface area (Å²) < 4.78 is 28.3. The van der Waals surface area contributed by atoms with Gasteiger partial charge < -0.3 is 5.11 Å². The van der Waals surface area contributed by atoms with Gasteiger partial charge in [-0.1, -0.05) is 20.8 Å². The maximum atomic E-state index is 12.6. The van der Waals surface area contributed by atoms with E-state index in [0.717, 1.165) is 6.42 Å². The summed E-state index contributed by atoms with van der Waals surface area (Å²) >= 11 is 0. The van der Waals surface area contributed by atoms with Crippen molar-refractivity contribution < 1.29 is 18.3 Å². The zero-order valence-electron chi connectivity index (χ0n) is 13.1. The van der Waals surface area contributed by atoms with Gasteiger partial charge in [0.15, 0.2) is 0 Å². The van der Waals surface area contributed by atoms with Crippen molar-refractivity contribution in [3.05, 3.63) is 0 Å². The monoisotopic (exact) mass is 318 g/mol. The average Bonchev–Trinajstić information content (AvgIpc) is 2.89. The number of carbonyl (C=O) groups is 1. The molecule has 1 N–H and O–H groups in total. The van der Waals surface area contributed by atoms with E-state index in [0.29, 0.717) is 44.9 Å². The Morgan fingerprint density at radius 3 is 2.00 bits per heavy atom. The van der Waals surface area contributed by atoms with Gasteiger partial charge in [-0.15, -0.1) is 0 Å². The van der Waals surface area contributed by atoms with Crippen molar-refractivity contribution in [2.45, 2.75) is 40.0 Å². The Bertz CT molecular complexity index is 490. The summed E-state index contributed by atoms with van der Waals surface area (Å²) in [5.41, 5.74) is 0.112. The van der Waals surface area contributed by atoms with Crippen molar-refractivity contribution in [3.63, 3.8) is 0 Å². The molecule has 2 saturated heterocycles. The molecule has 0 bridgehead atoms. The van der Waals surface area contributed by atoms with E-state index in [-0.39, 0.29) is 5.41 Å². The molecule has 2 fully saturated rings. The Hall–Kier alpha value is -0.660. The van der Waals surface area contributed by atoms with Gasteiger partial charge in [-0.2, -0.15) is 17.0 Å². The highest BCUT2D eigenvalue weighted by atomic mass is 32.2. The maximum absolute atomic E-state index is 12.6. The quantitative estimate of drug-likeness (QED) is 0.853. The molecule has 1 atom stereocenters. The van der Waals surface area contributed by atoms with Gasteiger partial charge in [0.1, 0.15) is 0 Å². The van der Waals surface area contributed by atoms with Crippen LogP contribution in [0, 0.1) is 17.3 Å². The van der Waals surface area contributed by atoms with Gasteiger partial charge in [0.2, 0.25) is 0 Å². The van der Waals surface area contributed by atoms with Crippen molar-refractivity contribution in [3.8, 4) is 0 Å². The Morgan fingerprint density at radius 2 is 1.57 bits per heavy atom. The highest BCUT2D eigenvalue weighted by Gasteiger charge is 2.40. The molecule has 0 aliphatic carbocycles. The number of piperidine rings is 1. The minimum atomic E-state index is -3.43. The van der Waals surface area contributed by atoms with Crippen LogP contribution in [0.15, 0.2) is 0 Å². The predicted molar refractivity (Wildman–Crippen MR) is 80.0 cm³/mol. The van der Waals surface area contributed by atoms with E-state index < -0.39 is 22.1 Å². The third-order valence-electron chi connectivity index (χ3n) is 4.83. The molecule has 122 valence electrons. The van der Waals surface area contributed by atoms with Gasteiger partial charge >= 0.3 is 5.97 Å². The van der Waals surface area contributed by atoms with Gasteiger partial charge in [0.25, 0.3) is 10.2 Å². The van der Waals surface area contributed by atoms with Crippen LogP contribution in [0.25, 0.3) is 0 Å². The van der Waals surface area contributed by atoms with Crippen molar-refractivity contribution in [1.29, 1.82) is 0 Å². The van der Waals surface area contributed by atoms with E-state index in [1.807, 2.05) is 0 Å². The van der Waals surface area contributed by atoms with Crippen LogP contribution in [0.2, 0.25) is 0 Å². The molecule has 2 heterocycles. The molecule has 2 rings (SSSR count). The summed E-state index contributed by atoms with van der Waals surface area (Å²) in [6.07, 6.45) is 1.71. The van der Waals surface area contributed by atoms with Crippen LogP contribution in [-0.2, 0) is 15.0 Å². The molecule has 0 radical (unpaired) electrons. The van der Waals surface area contributed by atoms with Crippen molar-refractivity contribution in [1.82, 2.24) is 8.61 Å². The predicted octanol–water partition coefficient (Wildman–Crippen LogP) is 1.40. The second-order valence-electron chi connectivity index (χ2n) is 7.23. The topological polar surface area (TPSA) is 77.9 Å². The Labute approximate surface area is 127 Å². The Morgan fingerprint density at radius 1 is 1.05 bits per heavy atom. The average molecular weight is 318 g/mol. The number of rotatable bonds is 3. The lowest BCUT2D eigenvalue weighted by Gasteiger charge is -2.33. The van der Waals surface area contributed by atoms with Gasteiger partial charge in [0, 0.05) is 26.2 Å². The summed E-state index contributed by atoms with van der Waals surface area (Å²) in [6.45, 7) is 8.21. The van der Waals surface area contributed by atoms with E-state index in [1.54, 1.807) is 4.31 Å². The van der Waals surface area contributed by atoms with Crippen LogP contribution in [-0.4, -0.2) is 54.3 Å². The summed E-state index contributed by atoms with van der Waals surface area (Å²) in [4.78, 5) is 10.9. The zero-order chi connectivity index (χ0) is 15.8. The number of hydrogen-bond acceptors (Lipinski definition) is 3. The summed E-state index contributed by atoms with van der Waals surface area (Å²) in [5.74, 6) is -0.845. The van der Waals surface area contributed by atoms with E-state index in [1.165, 1.54) is 4.31 Å². The third-order valence-corrected chi connectivity index (χ3v) is 6.83. The smallest absolute Gasteiger partial charge is 0.306 e. The molecule has 2 aliphatic heterocycles. The Balaban J connectivity index is 1.99. The largest absolute Gasteiger partial charge is 0.481 e. The van der Waals surface area contributed by atoms with E-state index in [4.69, 9.17) is 5.11 Å². The van der Waals surface area contributed by atoms with Crippen molar-refractivity contribution >= 4 is 16.2 Å². The highest BCUT2D eigenvalue weighted by Crippen LogP contribution is 2.35. The van der Waals surface area contributed by atoms with Crippen molar-refractivity contribution in [2.24, 2.45) is 17.3 Å². The number of carboxylic acid groups (broad SMARTS) is 1. The first-order valence-corrected chi connectivity index (χ1v) is 9.00. The summed E-state index contributed by atoms with van der Waals surface area (Å²) in [6, 6.07) is 0. The molecular formula is C14H26N2O4S. The van der Waals surface area contributed by atoms with Crippen molar-refractivity contribution in [2.75, 3.05) is 26.2 Å². The number of carboxylic acids is 1. The van der Waals surface area contributed by atoms with Crippen LogP contribution >= 0.6 is 0 Å². The molecule has 6 nitrogen and oxygen atoms in total. The van der Waals surface area contributed by atoms with Crippen LogP contribution in [0.4, 0.5) is 0 Å². The lowest BCUT2D eigenvalue weighted by molar-refractivity contribution is -0.142. The first-order chi connectivity index (χ1) is 9.62. The van der Waals surface area contributed by atoms with Crippen LogP contribution in [0.5, 0.6) is 0 Å². The molecule has 0 aromatic heterocycles. The summed E-state index contributed by atoms with van der Waals surface area (Å²) in [7, 11) is -3.43. The van der Waals surface area contributed by atoms with Gasteiger partial charge in [-0.3, -0.25) is 4.79 Å². The lowest BCUT2D eigenvalue weighted by Crippen LogP contribution is -2.47. The molecule has 0 saturated carbocycles. The lowest BCUT2D eigenvalue weighted by atomic mass is 9.80. The fourth-order valence-electron chi connectivity index (χ4n) is 3.14. The molecule has 2 aliphatic rings. The molecule has 21 heavy (non-hydrogen) atoms. The third kappa shape index (κ3) is 3.57. The zero-order valence-corrected chi connectivity index (χ0v) is 13.9.